The van der Waals surface area contributed by atoms with Crippen LogP contribution >= 0.6 is 11.6 Å². The molecule has 0 aliphatic heterocycles. The molecule has 0 saturated heterocycles. The first-order valence-electron chi connectivity index (χ1n) is 10.2. The van der Waals surface area contributed by atoms with E-state index in [1.165, 1.54) is 6.08 Å². The Balaban J connectivity index is 1.41. The quantitative estimate of drug-likeness (QED) is 0.270. The number of hydrogen-bond acceptors (Lipinski definition) is 3. The summed E-state index contributed by atoms with van der Waals surface area (Å²) < 4.78 is 0. The summed E-state index contributed by atoms with van der Waals surface area (Å²) in [6.07, 6.45) is 5.46. The van der Waals surface area contributed by atoms with E-state index in [4.69, 9.17) is 17.3 Å². The third-order valence-electron chi connectivity index (χ3n) is 5.14. The maximum atomic E-state index is 12.6. The Hall–Kier alpha value is -3.67. The summed E-state index contributed by atoms with van der Waals surface area (Å²) in [4.78, 5) is 28.4. The van der Waals surface area contributed by atoms with Crippen LogP contribution in [0.25, 0.3) is 17.0 Å². The van der Waals surface area contributed by atoms with Crippen molar-refractivity contribution in [3.63, 3.8) is 0 Å². The molecule has 4 aromatic rings. The van der Waals surface area contributed by atoms with Gasteiger partial charge in [0.25, 0.3) is 0 Å². The second kappa shape index (κ2) is 9.64. The lowest BCUT2D eigenvalue weighted by Crippen LogP contribution is -2.37. The fourth-order valence-corrected chi connectivity index (χ4v) is 3.69. The normalized spacial score (nSPS) is 12.2. The van der Waals surface area contributed by atoms with Crippen molar-refractivity contribution in [1.82, 2.24) is 4.98 Å². The van der Waals surface area contributed by atoms with E-state index in [9.17, 15) is 9.59 Å². The number of benzene rings is 3. The van der Waals surface area contributed by atoms with Crippen LogP contribution in [0.15, 0.2) is 85.1 Å². The number of amides is 1. The van der Waals surface area contributed by atoms with Crippen LogP contribution in [-0.2, 0) is 11.2 Å². The fourth-order valence-electron chi connectivity index (χ4n) is 3.49. The van der Waals surface area contributed by atoms with Gasteiger partial charge in [-0.3, -0.25) is 9.59 Å². The molecule has 0 fully saturated rings. The molecule has 0 spiro atoms. The minimum absolute atomic E-state index is 0.177. The first kappa shape index (κ1) is 21.6. The molecule has 1 heterocycles. The van der Waals surface area contributed by atoms with Crippen molar-refractivity contribution in [1.29, 1.82) is 0 Å². The van der Waals surface area contributed by atoms with Crippen LogP contribution in [0.5, 0.6) is 0 Å². The van der Waals surface area contributed by atoms with Crippen LogP contribution in [0.4, 0.5) is 5.69 Å². The number of rotatable bonds is 7. The maximum absolute atomic E-state index is 12.6. The van der Waals surface area contributed by atoms with Crippen molar-refractivity contribution >= 4 is 46.0 Å². The molecule has 6 heteroatoms. The van der Waals surface area contributed by atoms with Crippen molar-refractivity contribution in [2.45, 2.75) is 12.5 Å². The Labute approximate surface area is 190 Å². The van der Waals surface area contributed by atoms with E-state index < -0.39 is 6.04 Å². The number of H-pyrrole nitrogens is 1. The van der Waals surface area contributed by atoms with Crippen LogP contribution in [0.3, 0.4) is 0 Å². The molecule has 0 aliphatic carbocycles. The van der Waals surface area contributed by atoms with Crippen molar-refractivity contribution in [3.05, 3.63) is 107 Å². The van der Waals surface area contributed by atoms with E-state index in [1.54, 1.807) is 42.5 Å². The molecule has 32 heavy (non-hydrogen) atoms. The number of carbonyl (C=O) groups excluding carboxylic acids is 2. The minimum Gasteiger partial charge on any atom is -0.361 e. The molecule has 5 nitrogen and oxygen atoms in total. The second-order valence-corrected chi connectivity index (χ2v) is 7.93. The molecule has 4 rings (SSSR count). The summed E-state index contributed by atoms with van der Waals surface area (Å²) in [7, 11) is 0. The lowest BCUT2D eigenvalue weighted by molar-refractivity contribution is -0.117. The molecule has 0 radical (unpaired) electrons. The minimum atomic E-state index is -0.726. The van der Waals surface area contributed by atoms with Crippen molar-refractivity contribution < 1.29 is 9.59 Å². The summed E-state index contributed by atoms with van der Waals surface area (Å²) in [5, 5.41) is 4.47. The van der Waals surface area contributed by atoms with Gasteiger partial charge >= 0.3 is 0 Å². The number of aromatic nitrogens is 1. The largest absolute Gasteiger partial charge is 0.361 e. The molecule has 160 valence electrons. The van der Waals surface area contributed by atoms with Gasteiger partial charge in [-0.1, -0.05) is 60.1 Å². The number of nitrogens with two attached hydrogens (primary N) is 1. The van der Waals surface area contributed by atoms with Crippen molar-refractivity contribution in [2.75, 3.05) is 5.32 Å². The Kier molecular flexibility index (Phi) is 6.50. The van der Waals surface area contributed by atoms with Gasteiger partial charge in [-0.15, -0.1) is 0 Å². The van der Waals surface area contributed by atoms with Crippen LogP contribution in [0.2, 0.25) is 5.02 Å². The van der Waals surface area contributed by atoms with E-state index in [0.717, 1.165) is 22.0 Å². The number of fused-ring (bicyclic) bond motifs is 1. The number of halogens is 1. The Morgan fingerprint density at radius 2 is 1.84 bits per heavy atom. The zero-order valence-electron chi connectivity index (χ0n) is 17.2. The van der Waals surface area contributed by atoms with Gasteiger partial charge in [0, 0.05) is 33.4 Å². The Bertz CT molecular complexity index is 1310. The van der Waals surface area contributed by atoms with Gasteiger partial charge < -0.3 is 16.0 Å². The van der Waals surface area contributed by atoms with E-state index in [1.807, 2.05) is 42.6 Å². The molecule has 1 atom stereocenters. The van der Waals surface area contributed by atoms with Crippen LogP contribution in [0.1, 0.15) is 21.5 Å². The van der Waals surface area contributed by atoms with E-state index >= 15 is 0 Å². The monoisotopic (exact) mass is 443 g/mol. The first-order valence-corrected chi connectivity index (χ1v) is 10.6. The molecular weight excluding hydrogens is 422 g/mol. The van der Waals surface area contributed by atoms with E-state index in [0.29, 0.717) is 22.7 Å². The summed E-state index contributed by atoms with van der Waals surface area (Å²) in [5.41, 5.74) is 9.96. The van der Waals surface area contributed by atoms with Gasteiger partial charge in [-0.05, 0) is 54.0 Å². The highest BCUT2D eigenvalue weighted by Gasteiger charge is 2.17. The average molecular weight is 444 g/mol. The number of aromatic amines is 1. The number of para-hydroxylation sites is 1. The number of hydrogen-bond donors (Lipinski definition) is 3. The molecule has 1 amide bonds. The van der Waals surface area contributed by atoms with E-state index in [2.05, 4.69) is 10.3 Å². The average Bonchev–Trinajstić information content (AvgIpc) is 3.20. The summed E-state index contributed by atoms with van der Waals surface area (Å²) in [5.74, 6) is -0.487. The molecule has 0 saturated carbocycles. The van der Waals surface area contributed by atoms with Crippen LogP contribution in [0, 0.1) is 0 Å². The number of ketones is 1. The highest BCUT2D eigenvalue weighted by atomic mass is 35.5. The number of anilines is 1. The molecule has 4 N–H and O–H groups in total. The van der Waals surface area contributed by atoms with Gasteiger partial charge in [-0.2, -0.15) is 0 Å². The van der Waals surface area contributed by atoms with Gasteiger partial charge in [0.2, 0.25) is 5.91 Å². The highest BCUT2D eigenvalue weighted by Crippen LogP contribution is 2.19. The highest BCUT2D eigenvalue weighted by molar-refractivity contribution is 6.30. The lowest BCUT2D eigenvalue weighted by atomic mass is 10.0. The summed E-state index contributed by atoms with van der Waals surface area (Å²) in [6, 6.07) is 21.2. The SMILES string of the molecule is NC(Cc1c[nH]c2ccccc12)C(=O)Nc1cccc(C(=O)/C=C/c2cccc(Cl)c2)c1. The van der Waals surface area contributed by atoms with Gasteiger partial charge in [0.05, 0.1) is 6.04 Å². The molecule has 0 bridgehead atoms. The molecule has 0 aliphatic rings. The summed E-state index contributed by atoms with van der Waals surface area (Å²) >= 11 is 5.97. The number of carbonyl (C=O) groups is 2. The molecule has 1 aromatic heterocycles. The van der Waals surface area contributed by atoms with Crippen LogP contribution < -0.4 is 11.1 Å². The third-order valence-corrected chi connectivity index (χ3v) is 5.38. The zero-order valence-corrected chi connectivity index (χ0v) is 18.0. The predicted molar refractivity (Wildman–Crippen MR) is 130 cm³/mol. The summed E-state index contributed by atoms with van der Waals surface area (Å²) in [6.45, 7) is 0. The smallest absolute Gasteiger partial charge is 0.241 e. The number of allylic oxidation sites excluding steroid dienone is 1. The third kappa shape index (κ3) is 5.14. The second-order valence-electron chi connectivity index (χ2n) is 7.49. The number of nitrogens with one attached hydrogen (secondary N) is 2. The van der Waals surface area contributed by atoms with E-state index in [-0.39, 0.29) is 11.7 Å². The van der Waals surface area contributed by atoms with Crippen molar-refractivity contribution in [2.24, 2.45) is 5.73 Å². The topological polar surface area (TPSA) is 88.0 Å². The molecule has 1 unspecified atom stereocenters. The van der Waals surface area contributed by atoms with Gasteiger partial charge in [0.1, 0.15) is 0 Å². The Morgan fingerprint density at radius 1 is 1.03 bits per heavy atom. The molecular formula is C26H22ClN3O2. The van der Waals surface area contributed by atoms with Gasteiger partial charge in [0.15, 0.2) is 5.78 Å². The lowest BCUT2D eigenvalue weighted by Gasteiger charge is -2.12. The first-order chi connectivity index (χ1) is 15.5. The standard InChI is InChI=1S/C26H22ClN3O2/c27-20-7-3-5-17(13-20)11-12-25(31)18-6-4-8-21(14-18)30-26(32)23(28)15-19-16-29-24-10-2-1-9-22(19)24/h1-14,16,23,29H,15,28H2,(H,30,32)/b12-11+. The van der Waals surface area contributed by atoms with Crippen molar-refractivity contribution in [3.8, 4) is 0 Å². The van der Waals surface area contributed by atoms with Crippen LogP contribution in [-0.4, -0.2) is 22.7 Å². The van der Waals surface area contributed by atoms with Gasteiger partial charge in [-0.25, -0.2) is 0 Å². The maximum Gasteiger partial charge on any atom is 0.241 e. The molecule has 3 aromatic carbocycles. The predicted octanol–water partition coefficient (Wildman–Crippen LogP) is 5.23. The fraction of sp³-hybridized carbons (Fsp3) is 0.0769. The zero-order chi connectivity index (χ0) is 22.5. The Morgan fingerprint density at radius 3 is 2.69 bits per heavy atom.